The lowest BCUT2D eigenvalue weighted by molar-refractivity contribution is -0.143. The van der Waals surface area contributed by atoms with Crippen molar-refractivity contribution in [3.05, 3.63) is 71.3 Å². The van der Waals surface area contributed by atoms with Crippen molar-refractivity contribution in [1.29, 1.82) is 0 Å². The van der Waals surface area contributed by atoms with Crippen LogP contribution in [-0.4, -0.2) is 12.1 Å². The molecule has 0 aromatic heterocycles. The maximum absolute atomic E-state index is 13.2. The van der Waals surface area contributed by atoms with E-state index in [1.165, 1.54) is 18.4 Å². The van der Waals surface area contributed by atoms with Gasteiger partial charge in [-0.2, -0.15) is 0 Å². The molecule has 0 bridgehead atoms. The SMILES string of the molecule is O=C1O[C@H](C=C2CCCC2)CC12c1ccccc1Oc1ccccc12. The first kappa shape index (κ1) is 14.8. The van der Waals surface area contributed by atoms with E-state index in [-0.39, 0.29) is 12.1 Å². The Hall–Kier alpha value is -2.55. The van der Waals surface area contributed by atoms with E-state index in [9.17, 15) is 4.79 Å². The van der Waals surface area contributed by atoms with Crippen LogP contribution in [0.2, 0.25) is 0 Å². The van der Waals surface area contributed by atoms with Gasteiger partial charge in [-0.3, -0.25) is 4.79 Å². The van der Waals surface area contributed by atoms with Gasteiger partial charge >= 0.3 is 5.97 Å². The Morgan fingerprint density at radius 3 is 2.16 bits per heavy atom. The largest absolute Gasteiger partial charge is 0.457 e. The lowest BCUT2D eigenvalue weighted by Crippen LogP contribution is -2.36. The van der Waals surface area contributed by atoms with E-state index < -0.39 is 5.41 Å². The monoisotopic (exact) mass is 332 g/mol. The highest BCUT2D eigenvalue weighted by atomic mass is 16.6. The average molecular weight is 332 g/mol. The highest BCUT2D eigenvalue weighted by Gasteiger charge is 2.55. The van der Waals surface area contributed by atoms with Crippen LogP contribution in [-0.2, 0) is 14.9 Å². The van der Waals surface area contributed by atoms with Gasteiger partial charge in [0.2, 0.25) is 0 Å². The quantitative estimate of drug-likeness (QED) is 0.551. The zero-order valence-corrected chi connectivity index (χ0v) is 14.0. The molecule has 2 heterocycles. The van der Waals surface area contributed by atoms with E-state index in [0.717, 1.165) is 35.5 Å². The lowest BCUT2D eigenvalue weighted by atomic mass is 9.70. The maximum atomic E-state index is 13.2. The Labute approximate surface area is 147 Å². The molecule has 126 valence electrons. The van der Waals surface area contributed by atoms with E-state index in [1.54, 1.807) is 0 Å². The van der Waals surface area contributed by atoms with Gasteiger partial charge in [-0.1, -0.05) is 42.0 Å². The third-order valence-electron chi connectivity index (χ3n) is 5.70. The summed E-state index contributed by atoms with van der Waals surface area (Å²) < 4.78 is 11.9. The minimum Gasteiger partial charge on any atom is -0.457 e. The predicted octanol–water partition coefficient (Wildman–Crippen LogP) is 4.89. The van der Waals surface area contributed by atoms with Crippen LogP contribution >= 0.6 is 0 Å². The van der Waals surface area contributed by atoms with Crippen molar-refractivity contribution >= 4 is 5.97 Å². The molecule has 0 radical (unpaired) electrons. The summed E-state index contributed by atoms with van der Waals surface area (Å²) in [5.74, 6) is 1.36. The summed E-state index contributed by atoms with van der Waals surface area (Å²) in [6.07, 6.45) is 7.45. The number of hydrogen-bond acceptors (Lipinski definition) is 3. The van der Waals surface area contributed by atoms with Crippen molar-refractivity contribution in [2.75, 3.05) is 0 Å². The number of fused-ring (bicyclic) bond motifs is 4. The summed E-state index contributed by atoms with van der Waals surface area (Å²) in [6, 6.07) is 15.7. The molecule has 5 rings (SSSR count). The summed E-state index contributed by atoms with van der Waals surface area (Å²) in [7, 11) is 0. The van der Waals surface area contributed by atoms with Gasteiger partial charge in [-0.15, -0.1) is 0 Å². The molecular weight excluding hydrogens is 312 g/mol. The van der Waals surface area contributed by atoms with Crippen molar-refractivity contribution in [3.8, 4) is 11.5 Å². The van der Waals surface area contributed by atoms with Gasteiger partial charge in [0.05, 0.1) is 0 Å². The summed E-state index contributed by atoms with van der Waals surface area (Å²) >= 11 is 0. The van der Waals surface area contributed by atoms with E-state index in [0.29, 0.717) is 6.42 Å². The van der Waals surface area contributed by atoms with Crippen LogP contribution in [0.3, 0.4) is 0 Å². The number of carbonyl (C=O) groups is 1. The minimum atomic E-state index is -0.758. The molecule has 1 aliphatic carbocycles. The molecule has 1 saturated heterocycles. The van der Waals surface area contributed by atoms with Gasteiger partial charge in [-0.05, 0) is 43.9 Å². The number of carbonyl (C=O) groups excluding carboxylic acids is 1. The van der Waals surface area contributed by atoms with Gasteiger partial charge in [-0.25, -0.2) is 0 Å². The van der Waals surface area contributed by atoms with Crippen molar-refractivity contribution in [2.45, 2.75) is 43.6 Å². The molecule has 0 N–H and O–H groups in total. The molecule has 1 saturated carbocycles. The standard InChI is InChI=1S/C22H20O3/c23-21-22(14-16(24-21)13-15-7-1-2-8-15)17-9-3-5-11-19(17)25-20-12-6-4-10-18(20)22/h3-6,9-13,16H,1-2,7-8,14H2/t16-/m1/s1. The Morgan fingerprint density at radius 2 is 1.52 bits per heavy atom. The zero-order chi connectivity index (χ0) is 16.9. The van der Waals surface area contributed by atoms with Crippen LogP contribution in [0.15, 0.2) is 60.2 Å². The molecule has 0 amide bonds. The fourth-order valence-electron chi connectivity index (χ4n) is 4.54. The molecule has 3 heteroatoms. The molecule has 3 aliphatic rings. The smallest absolute Gasteiger partial charge is 0.322 e. The van der Waals surface area contributed by atoms with Crippen LogP contribution < -0.4 is 4.74 Å². The highest BCUT2D eigenvalue weighted by Crippen LogP contribution is 2.54. The second-order valence-electron chi connectivity index (χ2n) is 7.18. The van der Waals surface area contributed by atoms with Crippen LogP contribution in [0.1, 0.15) is 43.2 Å². The third-order valence-corrected chi connectivity index (χ3v) is 5.70. The molecule has 2 aromatic carbocycles. The number of para-hydroxylation sites is 2. The molecule has 2 aromatic rings. The first-order valence-corrected chi connectivity index (χ1v) is 9.05. The van der Waals surface area contributed by atoms with Crippen LogP contribution in [0.4, 0.5) is 0 Å². The van der Waals surface area contributed by atoms with Crippen LogP contribution in [0, 0.1) is 0 Å². The number of rotatable bonds is 1. The first-order valence-electron chi connectivity index (χ1n) is 9.05. The predicted molar refractivity (Wildman–Crippen MR) is 94.8 cm³/mol. The summed E-state index contributed by atoms with van der Waals surface area (Å²) in [5.41, 5.74) is 2.52. The molecule has 3 nitrogen and oxygen atoms in total. The fraction of sp³-hybridized carbons (Fsp3) is 0.318. The molecule has 2 aliphatic heterocycles. The number of allylic oxidation sites excluding steroid dienone is 1. The summed E-state index contributed by atoms with van der Waals surface area (Å²) in [6.45, 7) is 0. The van der Waals surface area contributed by atoms with Crippen molar-refractivity contribution in [3.63, 3.8) is 0 Å². The van der Waals surface area contributed by atoms with E-state index in [4.69, 9.17) is 9.47 Å². The number of hydrogen-bond donors (Lipinski definition) is 0. The van der Waals surface area contributed by atoms with Gasteiger partial charge < -0.3 is 9.47 Å². The van der Waals surface area contributed by atoms with Crippen molar-refractivity contribution < 1.29 is 14.3 Å². The fourth-order valence-corrected chi connectivity index (χ4v) is 4.54. The number of benzene rings is 2. The molecule has 1 spiro atoms. The zero-order valence-electron chi connectivity index (χ0n) is 14.0. The van der Waals surface area contributed by atoms with Gasteiger partial charge in [0, 0.05) is 17.5 Å². The maximum Gasteiger partial charge on any atom is 0.322 e. The Balaban J connectivity index is 1.65. The normalized spacial score (nSPS) is 23.0. The molecule has 2 fully saturated rings. The summed E-state index contributed by atoms with van der Waals surface area (Å²) in [4.78, 5) is 13.2. The van der Waals surface area contributed by atoms with Gasteiger partial charge in [0.25, 0.3) is 0 Å². The van der Waals surface area contributed by atoms with E-state index >= 15 is 0 Å². The second kappa shape index (κ2) is 5.48. The average Bonchev–Trinajstić information content (AvgIpc) is 3.24. The topological polar surface area (TPSA) is 35.5 Å². The number of cyclic esters (lactones) is 1. The summed E-state index contributed by atoms with van der Waals surface area (Å²) in [5, 5.41) is 0. The molecule has 25 heavy (non-hydrogen) atoms. The first-order chi connectivity index (χ1) is 12.3. The lowest BCUT2D eigenvalue weighted by Gasteiger charge is -2.33. The van der Waals surface area contributed by atoms with Crippen molar-refractivity contribution in [1.82, 2.24) is 0 Å². The number of ether oxygens (including phenoxy) is 2. The third kappa shape index (κ3) is 2.15. The van der Waals surface area contributed by atoms with Crippen LogP contribution in [0.25, 0.3) is 0 Å². The Morgan fingerprint density at radius 1 is 0.920 bits per heavy atom. The number of esters is 1. The second-order valence-corrected chi connectivity index (χ2v) is 7.18. The van der Waals surface area contributed by atoms with Gasteiger partial charge in [0.1, 0.15) is 23.0 Å². The van der Waals surface area contributed by atoms with Crippen molar-refractivity contribution in [2.24, 2.45) is 0 Å². The molecular formula is C22H20O3. The van der Waals surface area contributed by atoms with Gasteiger partial charge in [0.15, 0.2) is 0 Å². The molecule has 0 unspecified atom stereocenters. The minimum absolute atomic E-state index is 0.153. The van der Waals surface area contributed by atoms with E-state index in [2.05, 4.69) is 6.08 Å². The van der Waals surface area contributed by atoms with E-state index in [1.807, 2.05) is 48.5 Å². The Bertz CT molecular complexity index is 827. The molecule has 1 atom stereocenters. The Kier molecular flexibility index (Phi) is 3.24. The van der Waals surface area contributed by atoms with Crippen LogP contribution in [0.5, 0.6) is 11.5 Å². The highest BCUT2D eigenvalue weighted by molar-refractivity contribution is 5.92.